The number of amides is 1. The Bertz CT molecular complexity index is 2000. The highest BCUT2D eigenvalue weighted by atomic mass is 19.1. The summed E-state index contributed by atoms with van der Waals surface area (Å²) in [5.41, 5.74) is 1.87. The van der Waals surface area contributed by atoms with Crippen LogP contribution in [0.3, 0.4) is 0 Å². The Morgan fingerprint density at radius 2 is 1.39 bits per heavy atom. The molecule has 9 heteroatoms. The van der Waals surface area contributed by atoms with E-state index in [0.29, 0.717) is 33.2 Å². The number of nitrogens with zero attached hydrogens (tertiary/aromatic N) is 2. The van der Waals surface area contributed by atoms with Crippen LogP contribution in [0.4, 0.5) is 4.39 Å². The number of carbonyl (C=O) groups excluding carboxylic acids is 2. The molecule has 0 unspecified atom stereocenters. The van der Waals surface area contributed by atoms with Crippen LogP contribution in [0.2, 0.25) is 0 Å². The number of hydrogen-bond donors (Lipinski definition) is 3. The van der Waals surface area contributed by atoms with Crippen molar-refractivity contribution in [1.29, 1.82) is 0 Å². The highest BCUT2D eigenvalue weighted by Crippen LogP contribution is 2.29. The Morgan fingerprint density at radius 1 is 0.818 bits per heavy atom. The fourth-order valence-electron chi connectivity index (χ4n) is 5.29. The summed E-state index contributed by atoms with van der Waals surface area (Å²) < 4.78 is 15.2. The lowest BCUT2D eigenvalue weighted by Crippen LogP contribution is -2.42. The first kappa shape index (κ1) is 28.3. The van der Waals surface area contributed by atoms with E-state index in [1.165, 1.54) is 41.3 Å². The van der Waals surface area contributed by atoms with Gasteiger partial charge in [-0.05, 0) is 48.0 Å². The van der Waals surface area contributed by atoms with Gasteiger partial charge in [-0.25, -0.2) is 9.49 Å². The molecular formula is C35H26FN3O5. The van der Waals surface area contributed by atoms with Crippen LogP contribution in [-0.2, 0) is 11.2 Å². The zero-order valence-electron chi connectivity index (χ0n) is 23.3. The highest BCUT2D eigenvalue weighted by Gasteiger charge is 2.31. The van der Waals surface area contributed by atoms with Crippen LogP contribution in [0.25, 0.3) is 22.9 Å². The molecule has 0 bridgehead atoms. The maximum Gasteiger partial charge on any atom is 0.272 e. The number of Topliss-reactive ketones (excluding diaryl/α,β-unsaturated/α-hetero) is 1. The minimum atomic E-state index is -0.729. The lowest BCUT2D eigenvalue weighted by molar-refractivity contribution is -0.113. The topological polar surface area (TPSA) is 124 Å². The molecule has 1 aliphatic heterocycles. The van der Waals surface area contributed by atoms with Gasteiger partial charge < -0.3 is 15.1 Å². The summed E-state index contributed by atoms with van der Waals surface area (Å²) in [5, 5.41) is 28.5. The predicted molar refractivity (Wildman–Crippen MR) is 165 cm³/mol. The molecular weight excluding hydrogens is 561 g/mol. The van der Waals surface area contributed by atoms with Crippen molar-refractivity contribution in [2.45, 2.75) is 6.42 Å². The molecule has 6 rings (SSSR count). The fourth-order valence-corrected chi connectivity index (χ4v) is 5.29. The normalized spacial score (nSPS) is 15.3. The van der Waals surface area contributed by atoms with Gasteiger partial charge in [0.15, 0.2) is 5.78 Å². The summed E-state index contributed by atoms with van der Waals surface area (Å²) in [6.07, 6.45) is 3.25. The van der Waals surface area contributed by atoms with E-state index in [-0.39, 0.29) is 59.1 Å². The molecule has 0 radical (unpaired) electrons. The second kappa shape index (κ2) is 11.8. The maximum absolute atomic E-state index is 15.2. The zero-order chi connectivity index (χ0) is 30.8. The number of phenolic OH excluding ortho intramolecular Hbond substituents is 2. The molecule has 218 valence electrons. The summed E-state index contributed by atoms with van der Waals surface area (Å²) >= 11 is 0. The number of H-pyrrole nitrogens is 1. The number of aromatic hydroxyl groups is 2. The number of fused-ring (bicyclic) bond motifs is 1. The predicted octanol–water partition coefficient (Wildman–Crippen LogP) is 5.26. The van der Waals surface area contributed by atoms with E-state index in [1.54, 1.807) is 66.7 Å². The minimum absolute atomic E-state index is 0.0374. The van der Waals surface area contributed by atoms with Crippen LogP contribution in [0, 0.1) is 5.82 Å². The number of phenols is 2. The largest absolute Gasteiger partial charge is 0.507 e. The quantitative estimate of drug-likeness (QED) is 0.241. The monoisotopic (exact) mass is 587 g/mol. The van der Waals surface area contributed by atoms with Crippen molar-refractivity contribution in [3.8, 4) is 11.5 Å². The third kappa shape index (κ3) is 5.63. The van der Waals surface area contributed by atoms with Crippen molar-refractivity contribution in [1.82, 2.24) is 15.1 Å². The molecule has 1 aromatic heterocycles. The van der Waals surface area contributed by atoms with Gasteiger partial charge in [0.2, 0.25) is 0 Å². The molecule has 1 saturated heterocycles. The Morgan fingerprint density at radius 3 is 2.00 bits per heavy atom. The van der Waals surface area contributed by atoms with Crippen LogP contribution in [-0.4, -0.2) is 50.1 Å². The number of likely N-dealkylation sites (tertiary alicyclic amines) is 1. The molecule has 44 heavy (non-hydrogen) atoms. The first-order valence-electron chi connectivity index (χ1n) is 13.8. The molecule has 4 aromatic carbocycles. The number of hydrogen-bond acceptors (Lipinski definition) is 6. The van der Waals surface area contributed by atoms with Crippen LogP contribution in [0.5, 0.6) is 11.5 Å². The molecule has 0 aliphatic carbocycles. The number of carbonyl (C=O) groups is 2. The number of rotatable bonds is 5. The molecule has 1 aliphatic rings. The number of benzene rings is 4. The third-order valence-electron chi connectivity index (χ3n) is 7.53. The molecule has 5 aromatic rings. The summed E-state index contributed by atoms with van der Waals surface area (Å²) in [5.74, 6) is -1.80. The summed E-state index contributed by atoms with van der Waals surface area (Å²) in [4.78, 5) is 41.0. The number of para-hydroxylation sites is 2. The van der Waals surface area contributed by atoms with Gasteiger partial charge in [0.25, 0.3) is 11.5 Å². The SMILES string of the molecule is O=C1/C(=C/c2ccccc2O)CN(C(=O)c2cc(Cc3n[nH]c(=O)c4ccccc34)ccc2F)C/C1=C\c1ccccc1O. The molecule has 8 nitrogen and oxygen atoms in total. The lowest BCUT2D eigenvalue weighted by atomic mass is 9.93. The van der Waals surface area contributed by atoms with E-state index in [1.807, 2.05) is 0 Å². The van der Waals surface area contributed by atoms with Gasteiger partial charge in [-0.15, -0.1) is 0 Å². The minimum Gasteiger partial charge on any atom is -0.507 e. The average molecular weight is 588 g/mol. The Labute approximate surface area is 251 Å². The molecule has 1 amide bonds. The first-order chi connectivity index (χ1) is 21.3. The first-order valence-corrected chi connectivity index (χ1v) is 13.8. The molecule has 0 atom stereocenters. The lowest BCUT2D eigenvalue weighted by Gasteiger charge is -2.30. The third-order valence-corrected chi connectivity index (χ3v) is 7.53. The van der Waals surface area contributed by atoms with Gasteiger partial charge in [0.05, 0.1) is 29.7 Å². The summed E-state index contributed by atoms with van der Waals surface area (Å²) in [6, 6.07) is 24.2. The average Bonchev–Trinajstić information content (AvgIpc) is 3.03. The van der Waals surface area contributed by atoms with Gasteiger partial charge in [-0.3, -0.25) is 14.4 Å². The summed E-state index contributed by atoms with van der Waals surface area (Å²) in [6.45, 7) is -0.250. The van der Waals surface area contributed by atoms with Crippen LogP contribution in [0.1, 0.15) is 32.7 Å². The van der Waals surface area contributed by atoms with Crippen LogP contribution < -0.4 is 5.56 Å². The van der Waals surface area contributed by atoms with Crippen molar-refractivity contribution < 1.29 is 24.2 Å². The fraction of sp³-hybridized carbons (Fsp3) is 0.0857. The van der Waals surface area contributed by atoms with E-state index in [2.05, 4.69) is 10.2 Å². The van der Waals surface area contributed by atoms with Gasteiger partial charge in [-0.1, -0.05) is 60.7 Å². The van der Waals surface area contributed by atoms with Crippen LogP contribution in [0.15, 0.2) is 107 Å². The number of ketones is 1. The van der Waals surface area contributed by atoms with Gasteiger partial charge >= 0.3 is 0 Å². The summed E-state index contributed by atoms with van der Waals surface area (Å²) in [7, 11) is 0. The van der Waals surface area contributed by atoms with Crippen LogP contribution >= 0.6 is 0 Å². The maximum atomic E-state index is 15.2. The van der Waals surface area contributed by atoms with E-state index < -0.39 is 11.7 Å². The molecule has 3 N–H and O–H groups in total. The van der Waals surface area contributed by atoms with E-state index in [0.717, 1.165) is 0 Å². The second-order valence-electron chi connectivity index (χ2n) is 10.5. The Hall–Kier alpha value is -5.83. The van der Waals surface area contributed by atoms with E-state index in [4.69, 9.17) is 0 Å². The molecule has 0 spiro atoms. The number of aromatic amines is 1. The Kier molecular flexibility index (Phi) is 7.59. The zero-order valence-corrected chi connectivity index (χ0v) is 23.3. The Balaban J connectivity index is 1.37. The number of aromatic nitrogens is 2. The number of nitrogens with one attached hydrogen (secondary N) is 1. The van der Waals surface area contributed by atoms with Crippen molar-refractivity contribution in [2.24, 2.45) is 0 Å². The van der Waals surface area contributed by atoms with Crippen molar-refractivity contribution in [3.63, 3.8) is 0 Å². The van der Waals surface area contributed by atoms with Crippen molar-refractivity contribution in [2.75, 3.05) is 13.1 Å². The molecule has 0 saturated carbocycles. The number of halogens is 1. The van der Waals surface area contributed by atoms with Crippen molar-refractivity contribution in [3.05, 3.63) is 146 Å². The van der Waals surface area contributed by atoms with Gasteiger partial charge in [0.1, 0.15) is 17.3 Å². The smallest absolute Gasteiger partial charge is 0.272 e. The van der Waals surface area contributed by atoms with E-state index >= 15 is 4.39 Å². The molecule has 1 fully saturated rings. The highest BCUT2D eigenvalue weighted by molar-refractivity contribution is 6.16. The standard InChI is InChI=1S/C35H26FN3O5/c36-29-14-13-21(16-30-26-9-3-4-10-27(26)34(43)38-37-30)15-28(29)35(44)39-19-24(17-22-7-1-5-11-31(22)40)33(42)25(20-39)18-23-8-2-6-12-32(23)41/h1-15,17-18,40-41H,16,19-20H2,(H,38,43)/b24-17+,25-18+. The van der Waals surface area contributed by atoms with Gasteiger partial charge in [-0.2, -0.15) is 5.10 Å². The van der Waals surface area contributed by atoms with Gasteiger partial charge in [0, 0.05) is 34.1 Å². The number of piperidine rings is 1. The van der Waals surface area contributed by atoms with Crippen molar-refractivity contribution >= 4 is 34.6 Å². The second-order valence-corrected chi connectivity index (χ2v) is 10.5. The molecule has 2 heterocycles. The van der Waals surface area contributed by atoms with E-state index in [9.17, 15) is 24.6 Å².